The van der Waals surface area contributed by atoms with E-state index in [0.29, 0.717) is 18.4 Å². The van der Waals surface area contributed by atoms with Gasteiger partial charge in [-0.3, -0.25) is 9.69 Å². The minimum absolute atomic E-state index is 0.104. The van der Waals surface area contributed by atoms with Gasteiger partial charge in [0.15, 0.2) is 5.78 Å². The number of carbonyl (C=O) groups is 1. The van der Waals surface area contributed by atoms with Crippen LogP contribution in [0.3, 0.4) is 0 Å². The Balaban J connectivity index is 1.83. The smallest absolute Gasteiger partial charge is 0.152 e. The molecular formula is C12H21NO2. The third kappa shape index (κ3) is 2.58. The first kappa shape index (κ1) is 11.1. The summed E-state index contributed by atoms with van der Waals surface area (Å²) in [7, 11) is 0. The first-order valence-electron chi connectivity index (χ1n) is 5.95. The average molecular weight is 211 g/mol. The van der Waals surface area contributed by atoms with Gasteiger partial charge in [0.05, 0.1) is 12.6 Å². The summed E-state index contributed by atoms with van der Waals surface area (Å²) in [4.78, 5) is 14.1. The van der Waals surface area contributed by atoms with Crippen LogP contribution in [0.15, 0.2) is 0 Å². The number of hydrogen-bond donors (Lipinski definition) is 0. The Kier molecular flexibility index (Phi) is 3.12. The Morgan fingerprint density at radius 3 is 2.93 bits per heavy atom. The molecular weight excluding hydrogens is 190 g/mol. The molecule has 15 heavy (non-hydrogen) atoms. The molecule has 0 aromatic heterocycles. The van der Waals surface area contributed by atoms with E-state index in [-0.39, 0.29) is 5.41 Å². The second-order valence-corrected chi connectivity index (χ2v) is 5.43. The normalized spacial score (nSPS) is 32.1. The molecule has 1 atom stereocenters. The van der Waals surface area contributed by atoms with Crippen molar-refractivity contribution >= 4 is 5.78 Å². The molecule has 0 spiro atoms. The van der Waals surface area contributed by atoms with Gasteiger partial charge in [0.1, 0.15) is 0 Å². The second-order valence-electron chi connectivity index (χ2n) is 5.43. The minimum atomic E-state index is -0.104. The van der Waals surface area contributed by atoms with Gasteiger partial charge >= 0.3 is 0 Å². The molecule has 1 unspecified atom stereocenters. The summed E-state index contributed by atoms with van der Waals surface area (Å²) < 4.78 is 5.59. The monoisotopic (exact) mass is 211 g/mol. The number of Topliss-reactive ketones (excluding diaryl/α,β-unsaturated/α-hetero) is 1. The number of piperidine rings is 1. The van der Waals surface area contributed by atoms with Crippen LogP contribution in [-0.4, -0.2) is 43.0 Å². The zero-order valence-corrected chi connectivity index (χ0v) is 9.79. The maximum absolute atomic E-state index is 11.8. The Bertz CT molecular complexity index is 244. The quantitative estimate of drug-likeness (QED) is 0.692. The number of likely N-dealkylation sites (tertiary alicyclic amines) is 1. The van der Waals surface area contributed by atoms with Gasteiger partial charge in [0.2, 0.25) is 0 Å². The summed E-state index contributed by atoms with van der Waals surface area (Å²) in [6.07, 6.45) is 3.70. The zero-order chi connectivity index (χ0) is 10.9. The first-order valence-corrected chi connectivity index (χ1v) is 5.95. The molecule has 0 N–H and O–H groups in total. The predicted octanol–water partition coefficient (Wildman–Crippen LogP) is 1.47. The van der Waals surface area contributed by atoms with Gasteiger partial charge in [0.25, 0.3) is 0 Å². The van der Waals surface area contributed by atoms with E-state index in [4.69, 9.17) is 4.74 Å². The number of ketones is 1. The van der Waals surface area contributed by atoms with Gasteiger partial charge in [-0.15, -0.1) is 0 Å². The molecule has 2 aliphatic heterocycles. The summed E-state index contributed by atoms with van der Waals surface area (Å²) in [5.41, 5.74) is -0.104. The SMILES string of the molecule is CC1(C)CCN(CC2CCCO2)CC1=O. The number of hydrogen-bond acceptors (Lipinski definition) is 3. The van der Waals surface area contributed by atoms with E-state index < -0.39 is 0 Å². The molecule has 2 aliphatic rings. The predicted molar refractivity (Wildman–Crippen MR) is 58.8 cm³/mol. The van der Waals surface area contributed by atoms with Crippen molar-refractivity contribution < 1.29 is 9.53 Å². The van der Waals surface area contributed by atoms with Gasteiger partial charge in [-0.25, -0.2) is 0 Å². The van der Waals surface area contributed by atoms with E-state index >= 15 is 0 Å². The van der Waals surface area contributed by atoms with E-state index in [9.17, 15) is 4.79 Å². The molecule has 2 fully saturated rings. The van der Waals surface area contributed by atoms with E-state index in [0.717, 1.165) is 32.5 Å². The van der Waals surface area contributed by atoms with Crippen LogP contribution in [0.1, 0.15) is 33.1 Å². The molecule has 0 amide bonds. The lowest BCUT2D eigenvalue weighted by molar-refractivity contribution is -0.132. The summed E-state index contributed by atoms with van der Waals surface area (Å²) in [6, 6.07) is 0. The van der Waals surface area contributed by atoms with Crippen LogP contribution in [-0.2, 0) is 9.53 Å². The third-order valence-electron chi connectivity index (χ3n) is 3.66. The molecule has 2 rings (SSSR count). The van der Waals surface area contributed by atoms with E-state index in [1.807, 2.05) is 0 Å². The van der Waals surface area contributed by atoms with E-state index in [2.05, 4.69) is 18.7 Å². The lowest BCUT2D eigenvalue weighted by atomic mass is 9.81. The molecule has 0 bridgehead atoms. The Morgan fingerprint density at radius 2 is 2.33 bits per heavy atom. The molecule has 0 aromatic rings. The highest BCUT2D eigenvalue weighted by atomic mass is 16.5. The van der Waals surface area contributed by atoms with Crippen LogP contribution in [0.2, 0.25) is 0 Å². The van der Waals surface area contributed by atoms with Crippen LogP contribution >= 0.6 is 0 Å². The standard InChI is InChI=1S/C12H21NO2/c1-12(2)5-6-13(9-11(12)14)8-10-4-3-7-15-10/h10H,3-9H2,1-2H3. The maximum Gasteiger partial charge on any atom is 0.152 e. The van der Waals surface area contributed by atoms with Crippen molar-refractivity contribution in [3.63, 3.8) is 0 Å². The molecule has 86 valence electrons. The van der Waals surface area contributed by atoms with Crippen LogP contribution in [0.25, 0.3) is 0 Å². The molecule has 0 aliphatic carbocycles. The largest absolute Gasteiger partial charge is 0.377 e. The summed E-state index contributed by atoms with van der Waals surface area (Å²) in [6.45, 7) is 7.61. The Hall–Kier alpha value is -0.410. The number of rotatable bonds is 2. The maximum atomic E-state index is 11.8. The average Bonchev–Trinajstić information content (AvgIpc) is 2.65. The lowest BCUT2D eigenvalue weighted by Gasteiger charge is -2.36. The van der Waals surface area contributed by atoms with E-state index in [1.165, 1.54) is 6.42 Å². The molecule has 3 nitrogen and oxygen atoms in total. The van der Waals surface area contributed by atoms with Gasteiger partial charge in [0, 0.05) is 18.6 Å². The minimum Gasteiger partial charge on any atom is -0.377 e. The summed E-state index contributed by atoms with van der Waals surface area (Å²) in [5.74, 6) is 0.381. The molecule has 0 radical (unpaired) electrons. The van der Waals surface area contributed by atoms with Crippen LogP contribution in [0.5, 0.6) is 0 Å². The van der Waals surface area contributed by atoms with Gasteiger partial charge in [-0.2, -0.15) is 0 Å². The van der Waals surface area contributed by atoms with Crippen LogP contribution < -0.4 is 0 Å². The van der Waals surface area contributed by atoms with E-state index in [1.54, 1.807) is 0 Å². The van der Waals surface area contributed by atoms with Crippen molar-refractivity contribution in [1.82, 2.24) is 4.90 Å². The van der Waals surface area contributed by atoms with Gasteiger partial charge in [-0.05, 0) is 25.8 Å². The Morgan fingerprint density at radius 1 is 1.53 bits per heavy atom. The summed E-state index contributed by atoms with van der Waals surface area (Å²) >= 11 is 0. The fourth-order valence-electron chi connectivity index (χ4n) is 2.31. The fraction of sp³-hybridized carbons (Fsp3) is 0.917. The fourth-order valence-corrected chi connectivity index (χ4v) is 2.31. The van der Waals surface area contributed by atoms with Crippen molar-refractivity contribution in [1.29, 1.82) is 0 Å². The van der Waals surface area contributed by atoms with Crippen molar-refractivity contribution in [2.75, 3.05) is 26.2 Å². The highest BCUT2D eigenvalue weighted by Crippen LogP contribution is 2.27. The molecule has 0 saturated carbocycles. The lowest BCUT2D eigenvalue weighted by Crippen LogP contribution is -2.47. The van der Waals surface area contributed by atoms with Crippen LogP contribution in [0, 0.1) is 5.41 Å². The first-order chi connectivity index (χ1) is 7.08. The number of nitrogens with zero attached hydrogens (tertiary/aromatic N) is 1. The molecule has 2 saturated heterocycles. The third-order valence-corrected chi connectivity index (χ3v) is 3.66. The molecule has 2 heterocycles. The van der Waals surface area contributed by atoms with Gasteiger partial charge < -0.3 is 4.74 Å². The van der Waals surface area contributed by atoms with Gasteiger partial charge in [-0.1, -0.05) is 13.8 Å². The van der Waals surface area contributed by atoms with Crippen molar-refractivity contribution in [2.24, 2.45) is 5.41 Å². The number of carbonyl (C=O) groups excluding carboxylic acids is 1. The molecule has 3 heteroatoms. The highest BCUT2D eigenvalue weighted by Gasteiger charge is 2.34. The highest BCUT2D eigenvalue weighted by molar-refractivity contribution is 5.86. The number of ether oxygens (including phenoxy) is 1. The van der Waals surface area contributed by atoms with Crippen molar-refractivity contribution in [3.05, 3.63) is 0 Å². The molecule has 0 aromatic carbocycles. The second kappa shape index (κ2) is 4.22. The van der Waals surface area contributed by atoms with Crippen molar-refractivity contribution in [2.45, 2.75) is 39.2 Å². The van der Waals surface area contributed by atoms with Crippen molar-refractivity contribution in [3.8, 4) is 0 Å². The topological polar surface area (TPSA) is 29.5 Å². The van der Waals surface area contributed by atoms with Crippen LogP contribution in [0.4, 0.5) is 0 Å². The zero-order valence-electron chi connectivity index (χ0n) is 9.79. The summed E-state index contributed by atoms with van der Waals surface area (Å²) in [5, 5.41) is 0. The Labute approximate surface area is 91.8 Å².